The Bertz CT molecular complexity index is 323. The number of nitrogens with one attached hydrogen (secondary N) is 1. The van der Waals surface area contributed by atoms with Crippen LogP contribution in [-0.2, 0) is 11.3 Å². The lowest BCUT2D eigenvalue weighted by Gasteiger charge is -2.24. The quantitative estimate of drug-likeness (QED) is 0.748. The number of aromatic nitrogens is 1. The van der Waals surface area contributed by atoms with Crippen LogP contribution in [0.2, 0.25) is 0 Å². The molecule has 0 radical (unpaired) electrons. The fraction of sp³-hybridized carbons (Fsp3) is 0.615. The smallest absolute Gasteiger partial charge is 0.0888 e. The van der Waals surface area contributed by atoms with Crippen molar-refractivity contribution in [3.8, 4) is 0 Å². The lowest BCUT2D eigenvalue weighted by molar-refractivity contribution is 0.0930. The van der Waals surface area contributed by atoms with Crippen LogP contribution in [0.3, 0.4) is 0 Å². The average molecular weight is 220 g/mol. The van der Waals surface area contributed by atoms with Gasteiger partial charge in [-0.25, -0.2) is 0 Å². The molecule has 0 amide bonds. The molecule has 0 atom stereocenters. The Morgan fingerprint density at radius 3 is 3.06 bits per heavy atom. The van der Waals surface area contributed by atoms with Gasteiger partial charge in [0, 0.05) is 25.5 Å². The van der Waals surface area contributed by atoms with Crippen LogP contribution in [0.25, 0.3) is 0 Å². The van der Waals surface area contributed by atoms with Gasteiger partial charge in [0.05, 0.1) is 12.3 Å². The van der Waals surface area contributed by atoms with Crippen LogP contribution in [-0.4, -0.2) is 18.6 Å². The van der Waals surface area contributed by atoms with Crippen molar-refractivity contribution in [1.29, 1.82) is 0 Å². The van der Waals surface area contributed by atoms with E-state index in [1.165, 1.54) is 25.7 Å². The molecule has 0 unspecified atom stereocenters. The molecule has 1 N–H and O–H groups in total. The molecular formula is C13H20N2O. The van der Waals surface area contributed by atoms with Gasteiger partial charge in [-0.2, -0.15) is 0 Å². The molecule has 0 spiro atoms. The van der Waals surface area contributed by atoms with E-state index in [0.29, 0.717) is 6.61 Å². The van der Waals surface area contributed by atoms with Gasteiger partial charge < -0.3 is 10.1 Å². The summed E-state index contributed by atoms with van der Waals surface area (Å²) in [5.41, 5.74) is 2.09. The van der Waals surface area contributed by atoms with E-state index in [-0.39, 0.29) is 0 Å². The van der Waals surface area contributed by atoms with E-state index in [1.54, 1.807) is 0 Å². The van der Waals surface area contributed by atoms with Gasteiger partial charge in [-0.3, -0.25) is 4.98 Å². The lowest BCUT2D eigenvalue weighted by Crippen LogP contribution is -2.13. The van der Waals surface area contributed by atoms with Gasteiger partial charge in [0.2, 0.25) is 0 Å². The van der Waals surface area contributed by atoms with E-state index in [0.717, 1.165) is 23.9 Å². The summed E-state index contributed by atoms with van der Waals surface area (Å²) in [6.07, 6.45) is 7.24. The number of ether oxygens (including phenoxy) is 1. The molecule has 1 aromatic heterocycles. The highest BCUT2D eigenvalue weighted by Gasteiger charge is 2.16. The monoisotopic (exact) mass is 220 g/mol. The molecule has 1 fully saturated rings. The Morgan fingerprint density at radius 1 is 1.50 bits per heavy atom. The summed E-state index contributed by atoms with van der Waals surface area (Å²) in [7, 11) is 1.91. The van der Waals surface area contributed by atoms with Crippen LogP contribution in [0, 0.1) is 5.92 Å². The van der Waals surface area contributed by atoms with E-state index in [2.05, 4.69) is 10.3 Å². The lowest BCUT2D eigenvalue weighted by atomic mass is 9.83. The molecule has 1 aromatic rings. The zero-order valence-corrected chi connectivity index (χ0v) is 9.91. The van der Waals surface area contributed by atoms with Crippen LogP contribution < -0.4 is 5.32 Å². The Kier molecular flexibility index (Phi) is 4.17. The van der Waals surface area contributed by atoms with Crippen LogP contribution in [0.5, 0.6) is 0 Å². The molecule has 3 heteroatoms. The maximum atomic E-state index is 5.64. The topological polar surface area (TPSA) is 34.2 Å². The van der Waals surface area contributed by atoms with Gasteiger partial charge in [0.1, 0.15) is 0 Å². The van der Waals surface area contributed by atoms with Gasteiger partial charge >= 0.3 is 0 Å². The summed E-state index contributed by atoms with van der Waals surface area (Å²) < 4.78 is 5.64. The second-order valence-electron chi connectivity index (χ2n) is 4.42. The molecule has 1 aliphatic rings. The second-order valence-corrected chi connectivity index (χ2v) is 4.42. The van der Waals surface area contributed by atoms with Gasteiger partial charge in [0.25, 0.3) is 0 Å². The number of nitrogens with zero attached hydrogens (tertiary/aromatic N) is 1. The predicted octanol–water partition coefficient (Wildman–Crippen LogP) is 2.83. The van der Waals surface area contributed by atoms with Crippen LogP contribution in [0.15, 0.2) is 18.3 Å². The van der Waals surface area contributed by atoms with Gasteiger partial charge in [-0.05, 0) is 24.5 Å². The van der Waals surface area contributed by atoms with E-state index in [9.17, 15) is 0 Å². The summed E-state index contributed by atoms with van der Waals surface area (Å²) in [4.78, 5) is 4.27. The van der Waals surface area contributed by atoms with E-state index in [1.807, 2.05) is 25.4 Å². The second kappa shape index (κ2) is 5.85. The van der Waals surface area contributed by atoms with E-state index < -0.39 is 0 Å². The third-order valence-electron chi connectivity index (χ3n) is 3.25. The average Bonchev–Trinajstić information content (AvgIpc) is 2.27. The molecule has 88 valence electrons. The summed E-state index contributed by atoms with van der Waals surface area (Å²) >= 11 is 0. The van der Waals surface area contributed by atoms with Crippen LogP contribution in [0.4, 0.5) is 5.69 Å². The SMILES string of the molecule is CNc1ccnc(COCCC2CCC2)c1. The molecule has 3 nitrogen and oxygen atoms in total. The van der Waals surface area contributed by atoms with Crippen molar-refractivity contribution in [2.45, 2.75) is 32.3 Å². The van der Waals surface area contributed by atoms with Gasteiger partial charge in [0.15, 0.2) is 0 Å². The Labute approximate surface area is 97.2 Å². The number of pyridine rings is 1. The maximum Gasteiger partial charge on any atom is 0.0888 e. The molecular weight excluding hydrogens is 200 g/mol. The number of hydrogen-bond acceptors (Lipinski definition) is 3. The minimum Gasteiger partial charge on any atom is -0.388 e. The first-order valence-electron chi connectivity index (χ1n) is 6.09. The first-order chi connectivity index (χ1) is 7.88. The Balaban J connectivity index is 1.67. The molecule has 16 heavy (non-hydrogen) atoms. The summed E-state index contributed by atoms with van der Waals surface area (Å²) in [6, 6.07) is 3.99. The third kappa shape index (κ3) is 3.20. The molecule has 0 bridgehead atoms. The summed E-state index contributed by atoms with van der Waals surface area (Å²) in [5, 5.41) is 3.10. The van der Waals surface area contributed by atoms with Crippen molar-refractivity contribution in [2.24, 2.45) is 5.92 Å². The zero-order valence-electron chi connectivity index (χ0n) is 9.91. The minimum absolute atomic E-state index is 0.627. The van der Waals surface area contributed by atoms with Crippen LogP contribution >= 0.6 is 0 Å². The van der Waals surface area contributed by atoms with Crippen LogP contribution in [0.1, 0.15) is 31.4 Å². The van der Waals surface area contributed by atoms with Crippen molar-refractivity contribution in [2.75, 3.05) is 19.0 Å². The van der Waals surface area contributed by atoms with Crippen molar-refractivity contribution in [1.82, 2.24) is 4.98 Å². The Hall–Kier alpha value is -1.09. The third-order valence-corrected chi connectivity index (χ3v) is 3.25. The fourth-order valence-electron chi connectivity index (χ4n) is 1.92. The van der Waals surface area contributed by atoms with Gasteiger partial charge in [-0.1, -0.05) is 19.3 Å². The molecule has 2 rings (SSSR count). The number of hydrogen-bond donors (Lipinski definition) is 1. The maximum absolute atomic E-state index is 5.64. The first kappa shape index (κ1) is 11.4. The molecule has 0 aromatic carbocycles. The largest absolute Gasteiger partial charge is 0.388 e. The van der Waals surface area contributed by atoms with Crippen molar-refractivity contribution in [3.63, 3.8) is 0 Å². The number of rotatable bonds is 6. The molecule has 1 heterocycles. The molecule has 0 saturated heterocycles. The predicted molar refractivity (Wildman–Crippen MR) is 65.4 cm³/mol. The van der Waals surface area contributed by atoms with Crippen molar-refractivity contribution >= 4 is 5.69 Å². The molecule has 1 saturated carbocycles. The molecule has 1 aliphatic carbocycles. The first-order valence-corrected chi connectivity index (χ1v) is 6.09. The highest BCUT2D eigenvalue weighted by Crippen LogP contribution is 2.29. The standard InChI is InChI=1S/C13H20N2O/c1-14-12-5-7-15-13(9-12)10-16-8-6-11-3-2-4-11/h5,7,9,11H,2-4,6,8,10H2,1H3,(H,14,15). The summed E-state index contributed by atoms with van der Waals surface area (Å²) in [6.45, 7) is 1.50. The normalized spacial score (nSPS) is 15.8. The van der Waals surface area contributed by atoms with E-state index >= 15 is 0 Å². The fourth-order valence-corrected chi connectivity index (χ4v) is 1.92. The van der Waals surface area contributed by atoms with Crippen molar-refractivity contribution < 1.29 is 4.74 Å². The summed E-state index contributed by atoms with van der Waals surface area (Å²) in [5.74, 6) is 0.927. The Morgan fingerprint density at radius 2 is 2.38 bits per heavy atom. The van der Waals surface area contributed by atoms with Crippen molar-refractivity contribution in [3.05, 3.63) is 24.0 Å². The minimum atomic E-state index is 0.627. The van der Waals surface area contributed by atoms with E-state index in [4.69, 9.17) is 4.74 Å². The number of anilines is 1. The highest BCUT2D eigenvalue weighted by atomic mass is 16.5. The highest BCUT2D eigenvalue weighted by molar-refractivity contribution is 5.42. The van der Waals surface area contributed by atoms with Gasteiger partial charge in [-0.15, -0.1) is 0 Å². The zero-order chi connectivity index (χ0) is 11.2. The molecule has 0 aliphatic heterocycles.